The largest absolute Gasteiger partial charge is 0.480 e. The van der Waals surface area contributed by atoms with Gasteiger partial charge in [0.1, 0.15) is 6.04 Å². The van der Waals surface area contributed by atoms with Crippen LogP contribution in [0.4, 0.5) is 0 Å². The van der Waals surface area contributed by atoms with E-state index in [0.29, 0.717) is 23.6 Å². The van der Waals surface area contributed by atoms with Crippen molar-refractivity contribution in [1.29, 1.82) is 0 Å². The number of aliphatic carboxylic acids is 1. The second-order valence-corrected chi connectivity index (χ2v) is 5.69. The van der Waals surface area contributed by atoms with Gasteiger partial charge in [0.15, 0.2) is 0 Å². The van der Waals surface area contributed by atoms with Gasteiger partial charge >= 0.3 is 5.97 Å². The number of halogens is 2. The minimum Gasteiger partial charge on any atom is -0.480 e. The van der Waals surface area contributed by atoms with E-state index in [0.717, 1.165) is 9.99 Å². The maximum Gasteiger partial charge on any atom is 0.326 e. The number of amides is 1. The molecule has 1 unspecified atom stereocenters. The maximum absolute atomic E-state index is 12.2. The van der Waals surface area contributed by atoms with E-state index in [4.69, 9.17) is 16.7 Å². The molecule has 0 spiro atoms. The van der Waals surface area contributed by atoms with Gasteiger partial charge in [0.25, 0.3) is 5.91 Å². The topological polar surface area (TPSA) is 57.6 Å². The van der Waals surface area contributed by atoms with E-state index in [2.05, 4.69) is 0 Å². The van der Waals surface area contributed by atoms with Gasteiger partial charge in [-0.3, -0.25) is 4.79 Å². The van der Waals surface area contributed by atoms with Crippen LogP contribution < -0.4 is 0 Å². The van der Waals surface area contributed by atoms with Crippen molar-refractivity contribution in [2.45, 2.75) is 18.9 Å². The Morgan fingerprint density at radius 2 is 2.17 bits per heavy atom. The lowest BCUT2D eigenvalue weighted by Gasteiger charge is -2.21. The molecule has 0 aliphatic carbocycles. The van der Waals surface area contributed by atoms with Crippen LogP contribution in [0.5, 0.6) is 0 Å². The van der Waals surface area contributed by atoms with Gasteiger partial charge in [-0.15, -0.1) is 0 Å². The summed E-state index contributed by atoms with van der Waals surface area (Å²) in [5, 5.41) is 9.65. The van der Waals surface area contributed by atoms with Crippen molar-refractivity contribution in [2.24, 2.45) is 0 Å². The Labute approximate surface area is 123 Å². The number of hydrogen-bond donors (Lipinski definition) is 1. The number of likely N-dealkylation sites (tertiary alicyclic amines) is 1. The molecule has 2 rings (SSSR count). The minimum absolute atomic E-state index is 0.241. The number of rotatable bonds is 2. The van der Waals surface area contributed by atoms with Gasteiger partial charge in [-0.1, -0.05) is 11.6 Å². The van der Waals surface area contributed by atoms with Crippen LogP contribution in [0.1, 0.15) is 23.2 Å². The van der Waals surface area contributed by atoms with Crippen LogP contribution in [0.3, 0.4) is 0 Å². The van der Waals surface area contributed by atoms with Crippen LogP contribution >= 0.6 is 34.2 Å². The predicted molar refractivity (Wildman–Crippen MR) is 75.9 cm³/mol. The lowest BCUT2D eigenvalue weighted by atomic mass is 10.1. The summed E-state index contributed by atoms with van der Waals surface area (Å²) >= 11 is 7.94. The first-order valence-corrected chi connectivity index (χ1v) is 6.95. The number of hydrogen-bond acceptors (Lipinski definition) is 2. The second kappa shape index (κ2) is 5.44. The van der Waals surface area contributed by atoms with Crippen molar-refractivity contribution in [1.82, 2.24) is 4.90 Å². The van der Waals surface area contributed by atoms with Gasteiger partial charge in [-0.25, -0.2) is 4.79 Å². The fraction of sp³-hybridized carbons (Fsp3) is 0.333. The SMILES string of the molecule is O=C(O)C1CCCN1C(=O)c1ccc(Cl)c(I)c1. The molecular formula is C12H11ClINO3. The summed E-state index contributed by atoms with van der Waals surface area (Å²) in [6.07, 6.45) is 1.25. The van der Waals surface area contributed by atoms with Crippen LogP contribution in [0.15, 0.2) is 18.2 Å². The summed E-state index contributed by atoms with van der Waals surface area (Å²) in [7, 11) is 0. The number of nitrogens with zero attached hydrogens (tertiary/aromatic N) is 1. The highest BCUT2D eigenvalue weighted by Crippen LogP contribution is 2.24. The normalized spacial score (nSPS) is 19.0. The maximum atomic E-state index is 12.2. The summed E-state index contributed by atoms with van der Waals surface area (Å²) in [5.74, 6) is -1.18. The molecule has 1 aromatic carbocycles. The number of carboxylic acids is 1. The fourth-order valence-electron chi connectivity index (χ4n) is 2.06. The van der Waals surface area contributed by atoms with Gasteiger partial charge in [-0.2, -0.15) is 0 Å². The zero-order chi connectivity index (χ0) is 13.3. The highest BCUT2D eigenvalue weighted by Gasteiger charge is 2.34. The van der Waals surface area contributed by atoms with Crippen molar-refractivity contribution in [3.05, 3.63) is 32.4 Å². The molecule has 0 bridgehead atoms. The summed E-state index contributed by atoms with van der Waals surface area (Å²) in [6.45, 7) is 0.495. The molecule has 0 saturated carbocycles. The monoisotopic (exact) mass is 379 g/mol. The first-order valence-electron chi connectivity index (χ1n) is 5.49. The Morgan fingerprint density at radius 3 is 2.78 bits per heavy atom. The number of carbonyl (C=O) groups is 2. The zero-order valence-electron chi connectivity index (χ0n) is 9.40. The summed E-state index contributed by atoms with van der Waals surface area (Å²) < 4.78 is 0.784. The summed E-state index contributed by atoms with van der Waals surface area (Å²) in [4.78, 5) is 24.7. The molecule has 6 heteroatoms. The quantitative estimate of drug-likeness (QED) is 0.804. The molecule has 0 radical (unpaired) electrons. The molecule has 1 atom stereocenters. The smallest absolute Gasteiger partial charge is 0.326 e. The molecule has 1 aromatic rings. The highest BCUT2D eigenvalue weighted by molar-refractivity contribution is 14.1. The molecule has 1 heterocycles. The predicted octanol–water partition coefficient (Wildman–Crippen LogP) is 2.63. The van der Waals surface area contributed by atoms with Crippen LogP contribution in [0.25, 0.3) is 0 Å². The van der Waals surface area contributed by atoms with E-state index in [-0.39, 0.29) is 5.91 Å². The number of carboxylic acid groups (broad SMARTS) is 1. The van der Waals surface area contributed by atoms with Gasteiger partial charge in [0.05, 0.1) is 5.02 Å². The first kappa shape index (κ1) is 13.6. The third-order valence-corrected chi connectivity index (χ3v) is 4.51. The Bertz CT molecular complexity index is 506. The fourth-order valence-corrected chi connectivity index (χ4v) is 2.69. The molecule has 4 nitrogen and oxygen atoms in total. The van der Waals surface area contributed by atoms with E-state index in [1.165, 1.54) is 4.90 Å². The molecule has 1 saturated heterocycles. The Morgan fingerprint density at radius 1 is 1.44 bits per heavy atom. The molecule has 0 aromatic heterocycles. The van der Waals surface area contributed by atoms with Crippen molar-refractivity contribution in [3.8, 4) is 0 Å². The number of carbonyl (C=O) groups excluding carboxylic acids is 1. The van der Waals surface area contributed by atoms with Gasteiger partial charge < -0.3 is 10.0 Å². The lowest BCUT2D eigenvalue weighted by Crippen LogP contribution is -2.40. The third kappa shape index (κ3) is 2.61. The van der Waals surface area contributed by atoms with E-state index in [1.807, 2.05) is 22.6 Å². The molecule has 1 aliphatic rings. The molecule has 1 aliphatic heterocycles. The second-order valence-electron chi connectivity index (χ2n) is 4.12. The van der Waals surface area contributed by atoms with E-state index in [1.54, 1.807) is 18.2 Å². The molecule has 1 N–H and O–H groups in total. The molecule has 96 valence electrons. The van der Waals surface area contributed by atoms with Gasteiger partial charge in [-0.05, 0) is 53.6 Å². The average molecular weight is 380 g/mol. The van der Waals surface area contributed by atoms with E-state index >= 15 is 0 Å². The van der Waals surface area contributed by atoms with Crippen molar-refractivity contribution >= 4 is 46.1 Å². The Balaban J connectivity index is 2.25. The average Bonchev–Trinajstić information content (AvgIpc) is 2.81. The van der Waals surface area contributed by atoms with Crippen molar-refractivity contribution < 1.29 is 14.7 Å². The lowest BCUT2D eigenvalue weighted by molar-refractivity contribution is -0.141. The Kier molecular flexibility index (Phi) is 4.11. The van der Waals surface area contributed by atoms with Crippen molar-refractivity contribution in [2.75, 3.05) is 6.54 Å². The highest BCUT2D eigenvalue weighted by atomic mass is 127. The molecule has 18 heavy (non-hydrogen) atoms. The molecular weight excluding hydrogens is 368 g/mol. The standard InChI is InChI=1S/C12H11ClINO3/c13-8-4-3-7(6-9(8)14)11(16)15-5-1-2-10(15)12(17)18/h3-4,6,10H,1-2,5H2,(H,17,18). The first-order chi connectivity index (χ1) is 8.50. The van der Waals surface area contributed by atoms with Crippen LogP contribution in [0, 0.1) is 3.57 Å². The van der Waals surface area contributed by atoms with Gasteiger partial charge in [0, 0.05) is 15.7 Å². The Hall–Kier alpha value is -0.820. The third-order valence-electron chi connectivity index (χ3n) is 2.97. The van der Waals surface area contributed by atoms with Crippen LogP contribution in [-0.2, 0) is 4.79 Å². The van der Waals surface area contributed by atoms with Crippen molar-refractivity contribution in [3.63, 3.8) is 0 Å². The van der Waals surface area contributed by atoms with Gasteiger partial charge in [0.2, 0.25) is 0 Å². The molecule has 1 fully saturated rings. The number of benzene rings is 1. The van der Waals surface area contributed by atoms with Crippen LogP contribution in [0.2, 0.25) is 5.02 Å². The minimum atomic E-state index is -0.940. The van der Waals surface area contributed by atoms with E-state index < -0.39 is 12.0 Å². The summed E-state index contributed by atoms with van der Waals surface area (Å²) in [5.41, 5.74) is 0.483. The van der Waals surface area contributed by atoms with Crippen LogP contribution in [-0.4, -0.2) is 34.5 Å². The summed E-state index contributed by atoms with van der Waals surface area (Å²) in [6, 6.07) is 4.26. The molecule has 1 amide bonds. The van der Waals surface area contributed by atoms with E-state index in [9.17, 15) is 9.59 Å². The zero-order valence-corrected chi connectivity index (χ0v) is 12.3.